The summed E-state index contributed by atoms with van der Waals surface area (Å²) < 4.78 is 8.48. The maximum atomic E-state index is 13.1. The molecule has 1 amide bonds. The second kappa shape index (κ2) is 7.38. The van der Waals surface area contributed by atoms with Gasteiger partial charge >= 0.3 is 0 Å². The zero-order chi connectivity index (χ0) is 20.5. The lowest BCUT2D eigenvalue weighted by Gasteiger charge is -2.16. The maximum Gasteiger partial charge on any atom is 0.278 e. The Hall–Kier alpha value is -3.68. The highest BCUT2D eigenvalue weighted by molar-refractivity contribution is 6.00. The molecule has 0 spiro atoms. The lowest BCUT2D eigenvalue weighted by Crippen LogP contribution is -2.45. The monoisotopic (exact) mass is 392 g/mol. The van der Waals surface area contributed by atoms with Crippen LogP contribution in [0.4, 0.5) is 5.82 Å². The molecule has 0 saturated carbocycles. The third-order valence-electron chi connectivity index (χ3n) is 5.08. The minimum absolute atomic E-state index is 0.0478. The number of pyridine rings is 2. The minimum atomic E-state index is -0.379. The zero-order valence-electron chi connectivity index (χ0n) is 16.3. The molecule has 4 heterocycles. The molecule has 1 atom stereocenters. The fourth-order valence-corrected chi connectivity index (χ4v) is 3.35. The van der Waals surface area contributed by atoms with E-state index in [1.54, 1.807) is 41.3 Å². The molecule has 0 unspecified atom stereocenters. The lowest BCUT2D eigenvalue weighted by molar-refractivity contribution is -0.683. The topological polar surface area (TPSA) is 107 Å². The van der Waals surface area contributed by atoms with Crippen LogP contribution in [0.15, 0.2) is 58.1 Å². The zero-order valence-corrected chi connectivity index (χ0v) is 16.3. The van der Waals surface area contributed by atoms with Gasteiger partial charge in [-0.1, -0.05) is 18.0 Å². The first-order valence-electron chi connectivity index (χ1n) is 9.47. The minimum Gasteiger partial charge on any atom is -0.467 e. The van der Waals surface area contributed by atoms with Gasteiger partial charge in [0, 0.05) is 6.20 Å². The van der Waals surface area contributed by atoms with Crippen molar-refractivity contribution >= 4 is 28.4 Å². The van der Waals surface area contributed by atoms with Gasteiger partial charge < -0.3 is 15.5 Å². The van der Waals surface area contributed by atoms with E-state index in [0.29, 0.717) is 22.4 Å². The normalized spacial score (nSPS) is 12.3. The molecule has 4 rings (SSSR count). The first kappa shape index (κ1) is 18.7. The smallest absolute Gasteiger partial charge is 0.278 e. The van der Waals surface area contributed by atoms with Gasteiger partial charge in [-0.15, -0.1) is 0 Å². The summed E-state index contributed by atoms with van der Waals surface area (Å²) in [6.45, 7) is 4.22. The van der Waals surface area contributed by atoms with Gasteiger partial charge in [-0.25, -0.2) is 4.57 Å². The summed E-state index contributed by atoms with van der Waals surface area (Å²) in [6.07, 6.45) is 3.96. The first-order chi connectivity index (χ1) is 14.0. The molecule has 0 aliphatic carbocycles. The van der Waals surface area contributed by atoms with Gasteiger partial charge in [0.1, 0.15) is 16.7 Å². The van der Waals surface area contributed by atoms with Crippen molar-refractivity contribution < 1.29 is 13.8 Å². The highest BCUT2D eigenvalue weighted by Crippen LogP contribution is 2.18. The molecule has 0 fully saturated rings. The number of anilines is 1. The van der Waals surface area contributed by atoms with Crippen molar-refractivity contribution in [1.29, 1.82) is 0 Å². The Morgan fingerprint density at radius 3 is 2.90 bits per heavy atom. The SMILES string of the molecule is CC[C@@H](C)[n+]1c(N)c(C(=O)NCc2ccco2)cc2c(=O)n3ccccc3nc21. The van der Waals surface area contributed by atoms with Gasteiger partial charge in [0.2, 0.25) is 11.5 Å². The Morgan fingerprint density at radius 1 is 1.34 bits per heavy atom. The Balaban J connectivity index is 1.92. The summed E-state index contributed by atoms with van der Waals surface area (Å²) in [5.74, 6) is 0.520. The number of aromatic nitrogens is 3. The Kier molecular flexibility index (Phi) is 4.75. The van der Waals surface area contributed by atoms with Crippen LogP contribution in [0.2, 0.25) is 0 Å². The van der Waals surface area contributed by atoms with E-state index in [4.69, 9.17) is 10.2 Å². The number of hydrogen-bond donors (Lipinski definition) is 2. The molecule has 0 saturated heterocycles. The Morgan fingerprint density at radius 2 is 2.17 bits per heavy atom. The van der Waals surface area contributed by atoms with Crippen LogP contribution < -0.4 is 21.2 Å². The quantitative estimate of drug-likeness (QED) is 0.400. The summed E-state index contributed by atoms with van der Waals surface area (Å²) in [5.41, 5.74) is 7.38. The van der Waals surface area contributed by atoms with Crippen LogP contribution in [0.5, 0.6) is 0 Å². The molecule has 8 nitrogen and oxygen atoms in total. The van der Waals surface area contributed by atoms with Crippen molar-refractivity contribution in [3.8, 4) is 0 Å². The average Bonchev–Trinajstić information content (AvgIpc) is 3.25. The van der Waals surface area contributed by atoms with Crippen LogP contribution in [0, 0.1) is 0 Å². The predicted molar refractivity (Wildman–Crippen MR) is 108 cm³/mol. The fraction of sp³-hybridized carbons (Fsp3) is 0.238. The highest BCUT2D eigenvalue weighted by Gasteiger charge is 2.26. The van der Waals surface area contributed by atoms with Crippen LogP contribution in [0.3, 0.4) is 0 Å². The molecule has 148 valence electrons. The van der Waals surface area contributed by atoms with Crippen molar-refractivity contribution in [2.24, 2.45) is 0 Å². The van der Waals surface area contributed by atoms with E-state index in [0.717, 1.165) is 6.42 Å². The van der Waals surface area contributed by atoms with Gasteiger partial charge in [0.15, 0.2) is 0 Å². The molecule has 4 aromatic heterocycles. The molecule has 29 heavy (non-hydrogen) atoms. The lowest BCUT2D eigenvalue weighted by atomic mass is 10.1. The summed E-state index contributed by atoms with van der Waals surface area (Å²) in [5, 5.41) is 3.13. The average molecular weight is 392 g/mol. The van der Waals surface area contributed by atoms with Crippen molar-refractivity contribution in [3.05, 3.63) is 70.5 Å². The molecule has 0 aliphatic heterocycles. The van der Waals surface area contributed by atoms with Crippen molar-refractivity contribution in [3.63, 3.8) is 0 Å². The number of nitrogen functional groups attached to an aromatic ring is 1. The molecule has 0 aromatic carbocycles. The van der Waals surface area contributed by atoms with E-state index in [1.165, 1.54) is 10.5 Å². The molecule has 3 N–H and O–H groups in total. The number of amides is 1. The van der Waals surface area contributed by atoms with Crippen LogP contribution in [0.25, 0.3) is 16.7 Å². The van der Waals surface area contributed by atoms with Crippen LogP contribution in [-0.4, -0.2) is 15.3 Å². The van der Waals surface area contributed by atoms with E-state index >= 15 is 0 Å². The molecule has 0 radical (unpaired) electrons. The summed E-state index contributed by atoms with van der Waals surface area (Å²) in [7, 11) is 0. The molecular formula is C21H22N5O3+. The first-order valence-corrected chi connectivity index (χ1v) is 9.47. The molecule has 8 heteroatoms. The van der Waals surface area contributed by atoms with Gasteiger partial charge in [-0.2, -0.15) is 0 Å². The molecule has 0 aliphatic rings. The number of nitrogens with one attached hydrogen (secondary N) is 1. The summed E-state index contributed by atoms with van der Waals surface area (Å²) in [4.78, 5) is 30.6. The van der Waals surface area contributed by atoms with Crippen LogP contribution in [-0.2, 0) is 6.54 Å². The van der Waals surface area contributed by atoms with Crippen LogP contribution >= 0.6 is 0 Å². The largest absolute Gasteiger partial charge is 0.467 e. The Labute approximate surface area is 166 Å². The number of carbonyl (C=O) groups is 1. The number of hydrogen-bond acceptors (Lipinski definition) is 5. The Bertz CT molecular complexity index is 1260. The van der Waals surface area contributed by atoms with Gasteiger partial charge in [-0.05, 0) is 43.7 Å². The number of rotatable bonds is 5. The molecule has 0 bridgehead atoms. The van der Waals surface area contributed by atoms with Crippen molar-refractivity contribution in [2.75, 3.05) is 5.73 Å². The van der Waals surface area contributed by atoms with E-state index in [9.17, 15) is 9.59 Å². The van der Waals surface area contributed by atoms with Gasteiger partial charge in [-0.3, -0.25) is 14.0 Å². The van der Waals surface area contributed by atoms with Gasteiger partial charge in [0.25, 0.3) is 17.1 Å². The highest BCUT2D eigenvalue weighted by atomic mass is 16.3. The maximum absolute atomic E-state index is 13.1. The number of fused-ring (bicyclic) bond motifs is 2. The van der Waals surface area contributed by atoms with Crippen molar-refractivity contribution in [1.82, 2.24) is 14.7 Å². The second-order valence-electron chi connectivity index (χ2n) is 6.92. The van der Waals surface area contributed by atoms with E-state index < -0.39 is 0 Å². The summed E-state index contributed by atoms with van der Waals surface area (Å²) >= 11 is 0. The van der Waals surface area contributed by atoms with E-state index in [2.05, 4.69) is 10.3 Å². The van der Waals surface area contributed by atoms with Gasteiger partial charge in [0.05, 0.1) is 18.8 Å². The third-order valence-corrected chi connectivity index (χ3v) is 5.08. The van der Waals surface area contributed by atoms with E-state index in [-0.39, 0.29) is 35.4 Å². The van der Waals surface area contributed by atoms with Crippen molar-refractivity contribution in [2.45, 2.75) is 32.9 Å². The number of nitrogens with zero attached hydrogens (tertiary/aromatic N) is 3. The molecular weight excluding hydrogens is 370 g/mol. The predicted octanol–water partition coefficient (Wildman–Crippen LogP) is 2.21. The summed E-state index contributed by atoms with van der Waals surface area (Å²) in [6, 6.07) is 10.3. The number of furan rings is 1. The number of carbonyl (C=O) groups excluding carboxylic acids is 1. The third kappa shape index (κ3) is 3.22. The standard InChI is InChI=1S/C21H21N5O3/c1-3-13(2)26-18(22)15(20(27)23-12-14-7-6-10-29-14)11-16-19(26)24-17-8-4-5-9-25(17)21(16)28/h4-11,13,22H,3,12H2,1-2H3,(H,23,27)/p+1/t13-/m1/s1. The fourth-order valence-electron chi connectivity index (χ4n) is 3.35. The molecule has 4 aromatic rings. The van der Waals surface area contributed by atoms with Crippen LogP contribution in [0.1, 0.15) is 42.4 Å². The number of nitrogens with two attached hydrogens (primary N) is 1. The second-order valence-corrected chi connectivity index (χ2v) is 6.92. The van der Waals surface area contributed by atoms with E-state index in [1.807, 2.05) is 19.9 Å².